The van der Waals surface area contributed by atoms with Crippen LogP contribution in [0.5, 0.6) is 0 Å². The van der Waals surface area contributed by atoms with E-state index in [4.69, 9.17) is 4.98 Å². The molecule has 17 heavy (non-hydrogen) atoms. The molecule has 0 atom stereocenters. The third kappa shape index (κ3) is 2.95. The Kier molecular flexibility index (Phi) is 4.32. The number of hydrogen-bond donors (Lipinski definition) is 0. The number of Topliss-reactive ketones (excluding diaryl/α,β-unsaturated/α-hetero) is 1. The summed E-state index contributed by atoms with van der Waals surface area (Å²) in [5.41, 5.74) is 1.05. The van der Waals surface area contributed by atoms with E-state index < -0.39 is 0 Å². The molecule has 1 aromatic rings. The summed E-state index contributed by atoms with van der Waals surface area (Å²) < 4.78 is 0. The zero-order valence-electron chi connectivity index (χ0n) is 10.8. The Morgan fingerprint density at radius 3 is 2.65 bits per heavy atom. The van der Waals surface area contributed by atoms with Gasteiger partial charge in [-0.2, -0.15) is 0 Å². The lowest BCUT2D eigenvalue weighted by molar-refractivity contribution is 0.102. The molecule has 1 aliphatic rings. The van der Waals surface area contributed by atoms with E-state index in [1.807, 2.05) is 0 Å². The Balaban J connectivity index is 2.22. The maximum atomic E-state index is 11.6. The van der Waals surface area contributed by atoms with Crippen LogP contribution in [0, 0.1) is 0 Å². The van der Waals surface area contributed by atoms with E-state index in [9.17, 15) is 4.79 Å². The van der Waals surface area contributed by atoms with E-state index in [1.54, 1.807) is 18.3 Å². The predicted molar refractivity (Wildman–Crippen MR) is 71.9 cm³/mol. The van der Waals surface area contributed by atoms with Crippen molar-refractivity contribution >= 4 is 17.1 Å². The topological polar surface area (TPSA) is 30.0 Å². The van der Waals surface area contributed by atoms with Gasteiger partial charge in [-0.3, -0.25) is 4.79 Å². The lowest BCUT2D eigenvalue weighted by atomic mass is 9.90. The van der Waals surface area contributed by atoms with Crippen LogP contribution in [0.25, 0.3) is 0 Å². The quantitative estimate of drug-likeness (QED) is 0.745. The van der Waals surface area contributed by atoms with Crippen LogP contribution in [-0.2, 0) is 6.42 Å². The van der Waals surface area contributed by atoms with Crippen molar-refractivity contribution in [2.45, 2.75) is 64.7 Å². The van der Waals surface area contributed by atoms with Crippen molar-refractivity contribution in [2.24, 2.45) is 0 Å². The van der Waals surface area contributed by atoms with E-state index in [0.717, 1.165) is 23.4 Å². The number of aromatic nitrogens is 1. The van der Waals surface area contributed by atoms with Crippen LogP contribution in [0.4, 0.5) is 0 Å². The number of aryl methyl sites for hydroxylation is 1. The Morgan fingerprint density at radius 1 is 1.35 bits per heavy atom. The fourth-order valence-electron chi connectivity index (χ4n) is 2.58. The molecule has 1 aliphatic carbocycles. The number of thiazole rings is 1. The summed E-state index contributed by atoms with van der Waals surface area (Å²) in [6, 6.07) is 0. The summed E-state index contributed by atoms with van der Waals surface area (Å²) in [4.78, 5) is 17.3. The first kappa shape index (κ1) is 12.7. The fraction of sp³-hybridized carbons (Fsp3) is 0.714. The van der Waals surface area contributed by atoms with Crippen LogP contribution in [0.1, 0.15) is 78.7 Å². The second kappa shape index (κ2) is 5.76. The minimum atomic E-state index is 0.188. The molecule has 94 valence electrons. The highest BCUT2D eigenvalue weighted by Crippen LogP contribution is 2.36. The van der Waals surface area contributed by atoms with Gasteiger partial charge in [0.05, 0.1) is 15.6 Å². The maximum Gasteiger partial charge on any atom is 0.171 e. The molecule has 0 amide bonds. The van der Waals surface area contributed by atoms with Gasteiger partial charge in [-0.15, -0.1) is 11.3 Å². The van der Waals surface area contributed by atoms with Crippen LogP contribution >= 0.6 is 11.3 Å². The number of carbonyl (C=O) groups excluding carboxylic acids is 1. The van der Waals surface area contributed by atoms with Gasteiger partial charge in [-0.1, -0.05) is 32.6 Å². The summed E-state index contributed by atoms with van der Waals surface area (Å²) in [6.45, 7) is 3.81. The van der Waals surface area contributed by atoms with Crippen LogP contribution in [-0.4, -0.2) is 10.8 Å². The molecule has 2 nitrogen and oxygen atoms in total. The third-order valence-corrected chi connectivity index (χ3v) is 4.84. The molecule has 1 heterocycles. The van der Waals surface area contributed by atoms with Gasteiger partial charge in [0.2, 0.25) is 0 Å². The van der Waals surface area contributed by atoms with Crippen LogP contribution < -0.4 is 0 Å². The van der Waals surface area contributed by atoms with Crippen molar-refractivity contribution in [3.8, 4) is 0 Å². The standard InChI is InChI=1S/C14H21NOS/c1-3-7-12-13(10(2)16)17-14(15-12)11-8-5-4-6-9-11/h11H,3-9H2,1-2H3. The van der Waals surface area contributed by atoms with Gasteiger partial charge in [0.1, 0.15) is 0 Å². The average Bonchev–Trinajstić information content (AvgIpc) is 2.75. The second-order valence-electron chi connectivity index (χ2n) is 4.97. The third-order valence-electron chi connectivity index (χ3n) is 3.47. The molecule has 0 aromatic carbocycles. The zero-order valence-corrected chi connectivity index (χ0v) is 11.6. The van der Waals surface area contributed by atoms with E-state index in [-0.39, 0.29) is 5.78 Å². The fourth-order valence-corrected chi connectivity index (χ4v) is 3.75. The van der Waals surface area contributed by atoms with Crippen LogP contribution in [0.15, 0.2) is 0 Å². The Hall–Kier alpha value is -0.700. The van der Waals surface area contributed by atoms with Crippen molar-refractivity contribution in [1.29, 1.82) is 0 Å². The van der Waals surface area contributed by atoms with Crippen LogP contribution in [0.2, 0.25) is 0 Å². The molecule has 1 fully saturated rings. The Morgan fingerprint density at radius 2 is 2.06 bits per heavy atom. The summed E-state index contributed by atoms with van der Waals surface area (Å²) in [5.74, 6) is 0.811. The van der Waals surface area contributed by atoms with Gasteiger partial charge in [-0.25, -0.2) is 4.98 Å². The largest absolute Gasteiger partial charge is 0.294 e. The highest BCUT2D eigenvalue weighted by Gasteiger charge is 2.22. The van der Waals surface area contributed by atoms with Gasteiger partial charge in [0.15, 0.2) is 5.78 Å². The molecule has 1 saturated carbocycles. The summed E-state index contributed by atoms with van der Waals surface area (Å²) in [7, 11) is 0. The monoisotopic (exact) mass is 251 g/mol. The lowest BCUT2D eigenvalue weighted by Crippen LogP contribution is -2.04. The average molecular weight is 251 g/mol. The van der Waals surface area contributed by atoms with Gasteiger partial charge in [-0.05, 0) is 19.3 Å². The molecule has 1 aromatic heterocycles. The Labute approximate surface area is 107 Å². The zero-order chi connectivity index (χ0) is 12.3. The summed E-state index contributed by atoms with van der Waals surface area (Å²) >= 11 is 1.65. The van der Waals surface area contributed by atoms with E-state index in [2.05, 4.69) is 6.92 Å². The first-order valence-electron chi connectivity index (χ1n) is 6.73. The number of hydrogen-bond acceptors (Lipinski definition) is 3. The number of rotatable bonds is 4. The molecule has 2 rings (SSSR count). The van der Waals surface area contributed by atoms with Crippen molar-refractivity contribution in [3.63, 3.8) is 0 Å². The van der Waals surface area contributed by atoms with Gasteiger partial charge in [0, 0.05) is 12.8 Å². The van der Waals surface area contributed by atoms with Crippen LogP contribution in [0.3, 0.4) is 0 Å². The minimum absolute atomic E-state index is 0.188. The predicted octanol–water partition coefficient (Wildman–Crippen LogP) is 4.35. The maximum absolute atomic E-state index is 11.6. The molecular weight excluding hydrogens is 230 g/mol. The van der Waals surface area contributed by atoms with Crippen molar-refractivity contribution in [1.82, 2.24) is 4.98 Å². The molecule has 0 spiro atoms. The SMILES string of the molecule is CCCc1nc(C2CCCCC2)sc1C(C)=O. The summed E-state index contributed by atoms with van der Waals surface area (Å²) in [6.07, 6.45) is 8.54. The minimum Gasteiger partial charge on any atom is -0.294 e. The highest BCUT2D eigenvalue weighted by atomic mass is 32.1. The van der Waals surface area contributed by atoms with Crippen molar-refractivity contribution in [3.05, 3.63) is 15.6 Å². The first-order valence-corrected chi connectivity index (χ1v) is 7.54. The number of carbonyl (C=O) groups is 1. The second-order valence-corrected chi connectivity index (χ2v) is 6.00. The molecule has 0 unspecified atom stereocenters. The molecule has 0 N–H and O–H groups in total. The molecule has 3 heteroatoms. The van der Waals surface area contributed by atoms with Gasteiger partial charge in [0.25, 0.3) is 0 Å². The summed E-state index contributed by atoms with van der Waals surface area (Å²) in [5, 5.41) is 1.22. The number of nitrogens with zero attached hydrogens (tertiary/aromatic N) is 1. The molecular formula is C14H21NOS. The van der Waals surface area contributed by atoms with Gasteiger partial charge >= 0.3 is 0 Å². The Bertz CT molecular complexity index is 391. The van der Waals surface area contributed by atoms with Crippen molar-refractivity contribution < 1.29 is 4.79 Å². The smallest absolute Gasteiger partial charge is 0.171 e. The highest BCUT2D eigenvalue weighted by molar-refractivity contribution is 7.13. The molecule has 0 saturated heterocycles. The molecule has 0 aliphatic heterocycles. The molecule has 0 bridgehead atoms. The number of ketones is 1. The van der Waals surface area contributed by atoms with E-state index in [1.165, 1.54) is 37.1 Å². The van der Waals surface area contributed by atoms with Crippen molar-refractivity contribution in [2.75, 3.05) is 0 Å². The van der Waals surface area contributed by atoms with E-state index in [0.29, 0.717) is 5.92 Å². The molecule has 0 radical (unpaired) electrons. The van der Waals surface area contributed by atoms with Gasteiger partial charge < -0.3 is 0 Å². The first-order chi connectivity index (χ1) is 8.22. The normalized spacial score (nSPS) is 17.3. The lowest BCUT2D eigenvalue weighted by Gasteiger charge is -2.18. The van der Waals surface area contributed by atoms with E-state index >= 15 is 0 Å².